The Kier molecular flexibility index (Phi) is 7.40. The number of rotatable bonds is 9. The van der Waals surface area contributed by atoms with Crippen LogP contribution < -0.4 is 5.32 Å². The highest BCUT2D eigenvalue weighted by atomic mass is 32.2. The molecule has 0 aromatic heterocycles. The molecule has 0 fully saturated rings. The molecule has 0 aliphatic carbocycles. The highest BCUT2D eigenvalue weighted by Crippen LogP contribution is 2.08. The van der Waals surface area contributed by atoms with E-state index in [-0.39, 0.29) is 5.91 Å². The Morgan fingerprint density at radius 1 is 1.35 bits per heavy atom. The molecule has 6 nitrogen and oxygen atoms in total. The maximum absolute atomic E-state index is 11.3. The van der Waals surface area contributed by atoms with Gasteiger partial charge in [0.2, 0.25) is 5.91 Å². The van der Waals surface area contributed by atoms with Crippen LogP contribution >= 0.6 is 0 Å². The van der Waals surface area contributed by atoms with Crippen molar-refractivity contribution < 1.29 is 22.2 Å². The molecule has 0 aromatic rings. The second kappa shape index (κ2) is 7.75. The predicted molar refractivity (Wildman–Crippen MR) is 78.1 cm³/mol. The van der Waals surface area contributed by atoms with E-state index in [0.717, 1.165) is 13.0 Å². The van der Waals surface area contributed by atoms with E-state index in [0.29, 0.717) is 29.6 Å². The summed E-state index contributed by atoms with van der Waals surface area (Å²) in [5.41, 5.74) is 0.480. The molecule has 1 atom stereocenters. The van der Waals surface area contributed by atoms with E-state index in [9.17, 15) is 17.8 Å². The first-order chi connectivity index (χ1) is 8.96. The van der Waals surface area contributed by atoms with Crippen LogP contribution in [0.15, 0.2) is 12.2 Å². The fraction of sp³-hybridized carbons (Fsp3) is 0.769. The normalized spacial score (nSPS) is 13.8. The predicted octanol–water partition coefficient (Wildman–Crippen LogP) is 0.469. The summed E-state index contributed by atoms with van der Waals surface area (Å²) in [4.78, 5) is 11.3. The Balaban J connectivity index is 4.02. The molecule has 1 N–H and O–H groups in total. The molecule has 0 saturated carbocycles. The van der Waals surface area contributed by atoms with Gasteiger partial charge in [-0.25, -0.2) is 8.42 Å². The van der Waals surface area contributed by atoms with E-state index < -0.39 is 15.4 Å². The Bertz CT molecular complexity index is 443. The molecule has 0 aliphatic rings. The molecular formula is C13H26N2O4S. The zero-order valence-corrected chi connectivity index (χ0v) is 13.6. The van der Waals surface area contributed by atoms with Crippen LogP contribution in [-0.2, 0) is 14.9 Å². The van der Waals surface area contributed by atoms with Gasteiger partial charge in [0.1, 0.15) is 0 Å². The minimum Gasteiger partial charge on any atom is -0.748 e. The lowest BCUT2D eigenvalue weighted by molar-refractivity contribution is -0.890. The Hall–Kier alpha value is -0.920. The van der Waals surface area contributed by atoms with Gasteiger partial charge in [0.15, 0.2) is 0 Å². The lowest BCUT2D eigenvalue weighted by atomic mass is 10.2. The van der Waals surface area contributed by atoms with E-state index in [2.05, 4.69) is 11.9 Å². The fourth-order valence-electron chi connectivity index (χ4n) is 1.65. The molecule has 1 amide bonds. The maximum Gasteiger partial charge on any atom is 0.246 e. The van der Waals surface area contributed by atoms with Crippen molar-refractivity contribution in [2.75, 3.05) is 33.7 Å². The Morgan fingerprint density at radius 2 is 1.90 bits per heavy atom. The van der Waals surface area contributed by atoms with Gasteiger partial charge in [-0.3, -0.25) is 4.79 Å². The van der Waals surface area contributed by atoms with Gasteiger partial charge in [0.05, 0.1) is 42.6 Å². The van der Waals surface area contributed by atoms with Gasteiger partial charge in [-0.05, 0) is 13.8 Å². The second-order valence-corrected chi connectivity index (χ2v) is 7.66. The molecule has 0 spiro atoms. The van der Waals surface area contributed by atoms with Crippen LogP contribution in [-0.4, -0.2) is 62.3 Å². The first-order valence-corrected chi connectivity index (χ1v) is 8.13. The van der Waals surface area contributed by atoms with Crippen molar-refractivity contribution in [2.45, 2.75) is 31.9 Å². The topological polar surface area (TPSA) is 86.3 Å². The SMILES string of the molecule is C=C(C)C(=O)NCCC[N+](C)(C)CCC(C)S(=O)(=O)[O-]. The first-order valence-electron chi connectivity index (χ1n) is 6.66. The third kappa shape index (κ3) is 8.29. The van der Waals surface area contributed by atoms with Gasteiger partial charge < -0.3 is 14.4 Å². The number of hydrogen-bond donors (Lipinski definition) is 1. The third-order valence-corrected chi connectivity index (χ3v) is 4.47. The standard InChI is InChI=1S/C13H26N2O4S/c1-11(2)13(16)14-8-6-9-15(4,5)10-7-12(3)20(17,18)19/h12H,1,6-10H2,2-5H3,(H-,14,16,17,18,19). The largest absolute Gasteiger partial charge is 0.748 e. The lowest BCUT2D eigenvalue weighted by Gasteiger charge is -2.31. The van der Waals surface area contributed by atoms with Crippen molar-refractivity contribution in [2.24, 2.45) is 0 Å². The van der Waals surface area contributed by atoms with Crippen molar-refractivity contribution in [3.05, 3.63) is 12.2 Å². The Morgan fingerprint density at radius 3 is 2.35 bits per heavy atom. The zero-order chi connectivity index (χ0) is 16.0. The van der Waals surface area contributed by atoms with E-state index in [4.69, 9.17) is 0 Å². The van der Waals surface area contributed by atoms with Crippen LogP contribution in [0.4, 0.5) is 0 Å². The number of quaternary nitrogens is 1. The van der Waals surface area contributed by atoms with Gasteiger partial charge in [0, 0.05) is 25.0 Å². The van der Waals surface area contributed by atoms with Gasteiger partial charge in [-0.15, -0.1) is 0 Å². The molecule has 0 aliphatic heterocycles. The molecule has 0 rings (SSSR count). The maximum atomic E-state index is 11.3. The van der Waals surface area contributed by atoms with Crippen LogP contribution in [0.3, 0.4) is 0 Å². The van der Waals surface area contributed by atoms with Gasteiger partial charge in [0.25, 0.3) is 0 Å². The van der Waals surface area contributed by atoms with Crippen molar-refractivity contribution >= 4 is 16.0 Å². The minimum atomic E-state index is -4.20. The number of nitrogens with one attached hydrogen (secondary N) is 1. The zero-order valence-electron chi connectivity index (χ0n) is 12.8. The molecule has 0 radical (unpaired) electrons. The summed E-state index contributed by atoms with van der Waals surface area (Å²) in [6.07, 6.45) is 1.13. The number of nitrogens with zero attached hydrogens (tertiary/aromatic N) is 1. The smallest absolute Gasteiger partial charge is 0.246 e. The van der Waals surface area contributed by atoms with Crippen molar-refractivity contribution in [1.82, 2.24) is 5.32 Å². The van der Waals surface area contributed by atoms with Crippen molar-refractivity contribution in [3.63, 3.8) is 0 Å². The summed E-state index contributed by atoms with van der Waals surface area (Å²) < 4.78 is 33.1. The lowest BCUT2D eigenvalue weighted by Crippen LogP contribution is -2.44. The quantitative estimate of drug-likeness (QED) is 0.290. The molecular weight excluding hydrogens is 280 g/mol. The van der Waals surface area contributed by atoms with E-state index >= 15 is 0 Å². The number of hydrogen-bond acceptors (Lipinski definition) is 4. The van der Waals surface area contributed by atoms with Crippen LogP contribution in [0.1, 0.15) is 26.7 Å². The highest BCUT2D eigenvalue weighted by molar-refractivity contribution is 7.86. The van der Waals surface area contributed by atoms with Crippen LogP contribution in [0.25, 0.3) is 0 Å². The molecule has 7 heteroatoms. The average Bonchev–Trinajstić information content (AvgIpc) is 2.30. The fourth-order valence-corrected chi connectivity index (χ4v) is 2.04. The van der Waals surface area contributed by atoms with Crippen LogP contribution in [0.5, 0.6) is 0 Å². The van der Waals surface area contributed by atoms with Crippen LogP contribution in [0.2, 0.25) is 0 Å². The summed E-state index contributed by atoms with van der Waals surface area (Å²) in [6, 6.07) is 0. The molecule has 1 unspecified atom stereocenters. The number of amides is 1. The summed E-state index contributed by atoms with van der Waals surface area (Å²) in [7, 11) is -0.244. The summed E-state index contributed by atoms with van der Waals surface area (Å²) in [5.74, 6) is -0.152. The van der Waals surface area contributed by atoms with Crippen molar-refractivity contribution in [1.29, 1.82) is 0 Å². The molecule has 118 valence electrons. The molecule has 0 saturated heterocycles. The first kappa shape index (κ1) is 19.1. The molecule has 0 heterocycles. The summed E-state index contributed by atoms with van der Waals surface area (Å²) >= 11 is 0. The second-order valence-electron chi connectivity index (χ2n) is 5.86. The summed E-state index contributed by atoms with van der Waals surface area (Å²) in [5, 5.41) is 1.89. The van der Waals surface area contributed by atoms with E-state index in [1.165, 1.54) is 6.92 Å². The highest BCUT2D eigenvalue weighted by Gasteiger charge is 2.19. The van der Waals surface area contributed by atoms with Gasteiger partial charge >= 0.3 is 0 Å². The van der Waals surface area contributed by atoms with Crippen LogP contribution in [0, 0.1) is 0 Å². The van der Waals surface area contributed by atoms with Crippen molar-refractivity contribution in [3.8, 4) is 0 Å². The van der Waals surface area contributed by atoms with E-state index in [1.54, 1.807) is 6.92 Å². The molecule has 0 bridgehead atoms. The molecule has 0 aromatic carbocycles. The third-order valence-electron chi connectivity index (χ3n) is 3.25. The monoisotopic (exact) mass is 306 g/mol. The summed E-state index contributed by atoms with van der Waals surface area (Å²) in [6.45, 7) is 8.60. The molecule has 20 heavy (non-hydrogen) atoms. The number of carbonyl (C=O) groups excluding carboxylic acids is 1. The Labute approximate surface area is 122 Å². The average molecular weight is 306 g/mol. The van der Waals surface area contributed by atoms with Gasteiger partial charge in [-0.2, -0.15) is 0 Å². The van der Waals surface area contributed by atoms with Gasteiger partial charge in [-0.1, -0.05) is 6.58 Å². The minimum absolute atomic E-state index is 0.152. The number of carbonyl (C=O) groups is 1. The van der Waals surface area contributed by atoms with E-state index in [1.807, 2.05) is 14.1 Å².